The standard InChI is InChI=1S/C17H17Br2FO/c1-21-16-4-2-3-13(9-16)10-17(11-18,12-19)14-5-7-15(20)8-6-14/h2-9H,10-12H2,1H3. The Morgan fingerprint density at radius 3 is 2.29 bits per heavy atom. The molecular weight excluding hydrogens is 399 g/mol. The number of rotatable bonds is 6. The van der Waals surface area contributed by atoms with E-state index < -0.39 is 0 Å². The summed E-state index contributed by atoms with van der Waals surface area (Å²) in [5.41, 5.74) is 2.18. The Kier molecular flexibility index (Phi) is 5.82. The van der Waals surface area contributed by atoms with Crippen LogP contribution < -0.4 is 4.74 Å². The maximum absolute atomic E-state index is 13.2. The zero-order valence-corrected chi connectivity index (χ0v) is 15.0. The second-order valence-electron chi connectivity index (χ2n) is 5.08. The van der Waals surface area contributed by atoms with Crippen LogP contribution in [0, 0.1) is 5.82 Å². The lowest BCUT2D eigenvalue weighted by Gasteiger charge is -2.31. The molecule has 0 radical (unpaired) electrons. The third kappa shape index (κ3) is 3.86. The van der Waals surface area contributed by atoms with E-state index in [4.69, 9.17) is 4.74 Å². The molecule has 1 nitrogen and oxygen atoms in total. The fraction of sp³-hybridized carbons (Fsp3) is 0.294. The van der Waals surface area contributed by atoms with Crippen molar-refractivity contribution >= 4 is 31.9 Å². The second-order valence-corrected chi connectivity index (χ2v) is 6.20. The van der Waals surface area contributed by atoms with Crippen molar-refractivity contribution in [3.63, 3.8) is 0 Å². The maximum atomic E-state index is 13.2. The Balaban J connectivity index is 2.35. The van der Waals surface area contributed by atoms with Gasteiger partial charge in [0, 0.05) is 16.1 Å². The fourth-order valence-electron chi connectivity index (χ4n) is 2.36. The van der Waals surface area contributed by atoms with Crippen molar-refractivity contribution in [1.29, 1.82) is 0 Å². The molecule has 21 heavy (non-hydrogen) atoms. The lowest BCUT2D eigenvalue weighted by Crippen LogP contribution is -2.33. The quantitative estimate of drug-likeness (QED) is 0.596. The van der Waals surface area contributed by atoms with Gasteiger partial charge in [0.05, 0.1) is 7.11 Å². The van der Waals surface area contributed by atoms with E-state index >= 15 is 0 Å². The molecule has 0 amide bonds. The van der Waals surface area contributed by atoms with Gasteiger partial charge in [-0.1, -0.05) is 56.1 Å². The SMILES string of the molecule is COc1cccc(CC(CBr)(CBr)c2ccc(F)cc2)c1. The summed E-state index contributed by atoms with van der Waals surface area (Å²) in [6.45, 7) is 0. The molecule has 4 heteroatoms. The summed E-state index contributed by atoms with van der Waals surface area (Å²) in [6, 6.07) is 14.8. The van der Waals surface area contributed by atoms with Crippen molar-refractivity contribution in [3.05, 3.63) is 65.5 Å². The highest BCUT2D eigenvalue weighted by Gasteiger charge is 2.30. The molecule has 112 valence electrons. The molecule has 0 atom stereocenters. The minimum Gasteiger partial charge on any atom is -0.497 e. The molecule has 0 spiro atoms. The van der Waals surface area contributed by atoms with Gasteiger partial charge in [0.2, 0.25) is 0 Å². The van der Waals surface area contributed by atoms with Crippen LogP contribution in [0.3, 0.4) is 0 Å². The maximum Gasteiger partial charge on any atom is 0.123 e. The van der Waals surface area contributed by atoms with Crippen LogP contribution in [-0.2, 0) is 11.8 Å². The van der Waals surface area contributed by atoms with E-state index in [-0.39, 0.29) is 11.2 Å². The molecule has 0 heterocycles. The molecule has 0 unspecified atom stereocenters. The van der Waals surface area contributed by atoms with E-state index in [0.717, 1.165) is 28.4 Å². The lowest BCUT2D eigenvalue weighted by molar-refractivity contribution is 0.413. The van der Waals surface area contributed by atoms with Gasteiger partial charge < -0.3 is 4.74 Å². The number of hydrogen-bond donors (Lipinski definition) is 0. The minimum atomic E-state index is -0.210. The first-order valence-corrected chi connectivity index (χ1v) is 8.89. The summed E-state index contributed by atoms with van der Waals surface area (Å²) >= 11 is 7.25. The predicted molar refractivity (Wildman–Crippen MR) is 92.4 cm³/mol. The van der Waals surface area contributed by atoms with Crippen molar-refractivity contribution in [3.8, 4) is 5.75 Å². The average Bonchev–Trinajstić information content (AvgIpc) is 2.54. The van der Waals surface area contributed by atoms with Crippen LogP contribution in [0.4, 0.5) is 4.39 Å². The molecule has 2 aromatic rings. The molecule has 0 aliphatic carbocycles. The van der Waals surface area contributed by atoms with Crippen LogP contribution >= 0.6 is 31.9 Å². The van der Waals surface area contributed by atoms with E-state index in [0.29, 0.717) is 0 Å². The van der Waals surface area contributed by atoms with Crippen LogP contribution in [-0.4, -0.2) is 17.8 Å². The normalized spacial score (nSPS) is 11.4. The Hall–Kier alpha value is -0.870. The molecule has 0 fully saturated rings. The van der Waals surface area contributed by atoms with Crippen molar-refractivity contribution in [1.82, 2.24) is 0 Å². The van der Waals surface area contributed by atoms with Gasteiger partial charge in [-0.2, -0.15) is 0 Å². The van der Waals surface area contributed by atoms with E-state index in [2.05, 4.69) is 37.9 Å². The van der Waals surface area contributed by atoms with E-state index in [1.54, 1.807) is 7.11 Å². The summed E-state index contributed by atoms with van der Waals surface area (Å²) in [6.07, 6.45) is 0.840. The molecule has 0 bridgehead atoms. The number of alkyl halides is 2. The van der Waals surface area contributed by atoms with Gasteiger partial charge in [0.25, 0.3) is 0 Å². The zero-order valence-electron chi connectivity index (χ0n) is 11.8. The van der Waals surface area contributed by atoms with Crippen molar-refractivity contribution in [2.24, 2.45) is 0 Å². The number of halogens is 3. The topological polar surface area (TPSA) is 9.23 Å². The Labute approximate surface area is 141 Å². The lowest BCUT2D eigenvalue weighted by atomic mass is 9.79. The van der Waals surface area contributed by atoms with Crippen LogP contribution in [0.15, 0.2) is 48.5 Å². The Morgan fingerprint density at radius 1 is 1.05 bits per heavy atom. The molecule has 0 aliphatic heterocycles. The number of benzene rings is 2. The monoisotopic (exact) mass is 414 g/mol. The summed E-state index contributed by atoms with van der Waals surface area (Å²) in [4.78, 5) is 0. The third-order valence-corrected chi connectivity index (χ3v) is 5.79. The molecule has 0 saturated carbocycles. The average molecular weight is 416 g/mol. The van der Waals surface area contributed by atoms with Gasteiger partial charge in [0.1, 0.15) is 11.6 Å². The second kappa shape index (κ2) is 7.41. The largest absolute Gasteiger partial charge is 0.497 e. The van der Waals surface area contributed by atoms with Gasteiger partial charge >= 0.3 is 0 Å². The highest BCUT2D eigenvalue weighted by molar-refractivity contribution is 9.09. The molecule has 0 aromatic heterocycles. The summed E-state index contributed by atoms with van der Waals surface area (Å²) in [5.74, 6) is 0.642. The highest BCUT2D eigenvalue weighted by atomic mass is 79.9. The summed E-state index contributed by atoms with van der Waals surface area (Å²) in [5, 5.41) is 1.57. The number of ether oxygens (including phenoxy) is 1. The van der Waals surface area contributed by atoms with Crippen LogP contribution in [0.2, 0.25) is 0 Å². The molecule has 2 aromatic carbocycles. The van der Waals surface area contributed by atoms with Crippen molar-refractivity contribution in [2.45, 2.75) is 11.8 Å². The molecular formula is C17H17Br2FO. The number of hydrogen-bond acceptors (Lipinski definition) is 1. The Bertz CT molecular complexity index is 580. The smallest absolute Gasteiger partial charge is 0.123 e. The van der Waals surface area contributed by atoms with E-state index in [1.807, 2.05) is 30.3 Å². The van der Waals surface area contributed by atoms with Gasteiger partial charge in [-0.15, -0.1) is 0 Å². The zero-order chi connectivity index (χ0) is 15.3. The highest BCUT2D eigenvalue weighted by Crippen LogP contribution is 2.33. The first-order valence-electron chi connectivity index (χ1n) is 6.64. The van der Waals surface area contributed by atoms with Gasteiger partial charge in [-0.05, 0) is 41.8 Å². The fourth-order valence-corrected chi connectivity index (χ4v) is 4.34. The minimum absolute atomic E-state index is 0.125. The third-order valence-electron chi connectivity index (χ3n) is 3.64. The molecule has 2 rings (SSSR count). The predicted octanol–water partition coefficient (Wildman–Crippen LogP) is 5.10. The Morgan fingerprint density at radius 2 is 1.71 bits per heavy atom. The molecule has 0 aliphatic rings. The van der Waals surface area contributed by atoms with Crippen LogP contribution in [0.25, 0.3) is 0 Å². The van der Waals surface area contributed by atoms with Crippen LogP contribution in [0.1, 0.15) is 11.1 Å². The molecule has 0 saturated heterocycles. The van der Waals surface area contributed by atoms with Crippen molar-refractivity contribution < 1.29 is 9.13 Å². The van der Waals surface area contributed by atoms with E-state index in [9.17, 15) is 4.39 Å². The summed E-state index contributed by atoms with van der Waals surface area (Å²) < 4.78 is 18.5. The van der Waals surface area contributed by atoms with E-state index in [1.165, 1.54) is 17.7 Å². The first kappa shape index (κ1) is 16.5. The first-order chi connectivity index (χ1) is 10.1. The van der Waals surface area contributed by atoms with Gasteiger partial charge in [-0.3, -0.25) is 0 Å². The summed E-state index contributed by atoms with van der Waals surface area (Å²) in [7, 11) is 1.67. The van der Waals surface area contributed by atoms with Gasteiger partial charge in [0.15, 0.2) is 0 Å². The van der Waals surface area contributed by atoms with Crippen LogP contribution in [0.5, 0.6) is 5.75 Å². The van der Waals surface area contributed by atoms with Crippen molar-refractivity contribution in [2.75, 3.05) is 17.8 Å². The molecule has 0 N–H and O–H groups in total. The van der Waals surface area contributed by atoms with Gasteiger partial charge in [-0.25, -0.2) is 4.39 Å². The number of methoxy groups -OCH3 is 1.